The van der Waals surface area contributed by atoms with Crippen molar-refractivity contribution in [3.63, 3.8) is 0 Å². The number of rotatable bonds is 9. The molecule has 4 aromatic rings. The molecule has 0 radical (unpaired) electrons. The van der Waals surface area contributed by atoms with E-state index >= 15 is 0 Å². The van der Waals surface area contributed by atoms with Gasteiger partial charge in [-0.3, -0.25) is 9.54 Å². The molecule has 0 bridgehead atoms. The fourth-order valence-electron chi connectivity index (χ4n) is 3.71. The second-order valence-corrected chi connectivity index (χ2v) is 11.7. The van der Waals surface area contributed by atoms with Crippen LogP contribution in [0, 0.1) is 0 Å². The van der Waals surface area contributed by atoms with Crippen LogP contribution in [-0.4, -0.2) is 37.0 Å². The summed E-state index contributed by atoms with van der Waals surface area (Å²) >= 11 is 0. The Hall–Kier alpha value is -3.78. The number of halogens is 3. The van der Waals surface area contributed by atoms with Crippen molar-refractivity contribution in [2.75, 3.05) is 0 Å². The molecule has 3 aromatic carbocycles. The van der Waals surface area contributed by atoms with E-state index in [1.165, 1.54) is 34.8 Å². The van der Waals surface area contributed by atoms with Gasteiger partial charge in [0.25, 0.3) is 10.1 Å². The zero-order valence-corrected chi connectivity index (χ0v) is 21.6. The number of pyridine rings is 1. The number of alkyl halides is 3. The van der Waals surface area contributed by atoms with Crippen LogP contribution in [0.4, 0.5) is 13.2 Å². The maximum atomic E-state index is 13.5. The highest BCUT2D eigenvalue weighted by atomic mass is 32.2. The van der Waals surface area contributed by atoms with Crippen molar-refractivity contribution in [3.8, 4) is 16.9 Å². The van der Waals surface area contributed by atoms with Crippen LogP contribution in [-0.2, 0) is 33.2 Å². The van der Waals surface area contributed by atoms with Crippen molar-refractivity contribution in [1.29, 1.82) is 0 Å². The minimum Gasteiger partial charge on any atom is -0.406 e. The van der Waals surface area contributed by atoms with E-state index in [1.54, 1.807) is 42.6 Å². The molecule has 0 unspecified atom stereocenters. The highest BCUT2D eigenvalue weighted by Crippen LogP contribution is 2.27. The Kier molecular flexibility index (Phi) is 8.07. The molecule has 13 heteroatoms. The zero-order valence-electron chi connectivity index (χ0n) is 20.0. The molecule has 39 heavy (non-hydrogen) atoms. The van der Waals surface area contributed by atoms with Crippen molar-refractivity contribution < 1.29 is 39.3 Å². The summed E-state index contributed by atoms with van der Waals surface area (Å²) in [5.74, 6) is -0.541. The van der Waals surface area contributed by atoms with Crippen LogP contribution in [0.1, 0.15) is 11.1 Å². The summed E-state index contributed by atoms with van der Waals surface area (Å²) in [6.07, 6.45) is -1.84. The summed E-state index contributed by atoms with van der Waals surface area (Å²) in [5.41, 5.74) is 2.63. The molecule has 1 N–H and O–H groups in total. The number of benzene rings is 3. The Morgan fingerprint density at radius 1 is 0.744 bits per heavy atom. The summed E-state index contributed by atoms with van der Waals surface area (Å²) in [7, 11) is -8.47. The third kappa shape index (κ3) is 7.41. The van der Waals surface area contributed by atoms with Crippen molar-refractivity contribution in [2.45, 2.75) is 29.2 Å². The Bertz CT molecular complexity index is 1630. The van der Waals surface area contributed by atoms with Crippen molar-refractivity contribution in [3.05, 3.63) is 108 Å². The van der Waals surface area contributed by atoms with Gasteiger partial charge in [-0.1, -0.05) is 42.5 Å². The predicted octanol–water partition coefficient (Wildman–Crippen LogP) is 5.29. The maximum Gasteiger partial charge on any atom is 0.573 e. The number of ether oxygens (including phenoxy) is 1. The van der Waals surface area contributed by atoms with E-state index in [0.29, 0.717) is 16.7 Å². The second-order valence-electron chi connectivity index (χ2n) is 8.35. The van der Waals surface area contributed by atoms with Gasteiger partial charge in [-0.2, -0.15) is 12.7 Å². The van der Waals surface area contributed by atoms with Gasteiger partial charge in [-0.25, -0.2) is 8.42 Å². The van der Waals surface area contributed by atoms with Crippen LogP contribution < -0.4 is 4.74 Å². The molecule has 8 nitrogen and oxygen atoms in total. The van der Waals surface area contributed by atoms with E-state index in [4.69, 9.17) is 4.55 Å². The molecule has 0 aliphatic carbocycles. The molecule has 1 heterocycles. The van der Waals surface area contributed by atoms with Crippen molar-refractivity contribution >= 4 is 20.1 Å². The van der Waals surface area contributed by atoms with Crippen molar-refractivity contribution in [2.24, 2.45) is 0 Å². The number of hydrogen-bond donors (Lipinski definition) is 1. The lowest BCUT2D eigenvalue weighted by molar-refractivity contribution is -0.274. The normalized spacial score (nSPS) is 12.4. The van der Waals surface area contributed by atoms with E-state index < -0.39 is 32.3 Å². The third-order valence-corrected chi connectivity index (χ3v) is 8.25. The highest BCUT2D eigenvalue weighted by molar-refractivity contribution is 7.89. The lowest BCUT2D eigenvalue weighted by Crippen LogP contribution is -2.30. The number of nitrogens with zero attached hydrogens (tertiary/aromatic N) is 2. The number of aromatic nitrogens is 1. The summed E-state index contributed by atoms with van der Waals surface area (Å²) in [5, 5.41) is 0. The molecule has 204 valence electrons. The zero-order chi connectivity index (χ0) is 28.3. The van der Waals surface area contributed by atoms with Gasteiger partial charge in [-0.05, 0) is 64.7 Å². The van der Waals surface area contributed by atoms with Gasteiger partial charge < -0.3 is 4.74 Å². The fourth-order valence-corrected chi connectivity index (χ4v) is 5.61. The highest BCUT2D eigenvalue weighted by Gasteiger charge is 2.31. The molecule has 0 saturated carbocycles. The molecule has 1 aromatic heterocycles. The average molecular weight is 579 g/mol. The smallest absolute Gasteiger partial charge is 0.406 e. The molecule has 0 fully saturated rings. The first-order chi connectivity index (χ1) is 18.3. The van der Waals surface area contributed by atoms with Gasteiger partial charge >= 0.3 is 6.36 Å². The van der Waals surface area contributed by atoms with E-state index in [1.807, 2.05) is 0 Å². The van der Waals surface area contributed by atoms with Crippen LogP contribution in [0.25, 0.3) is 11.1 Å². The second kappa shape index (κ2) is 11.1. The van der Waals surface area contributed by atoms with E-state index in [9.17, 15) is 30.0 Å². The summed E-state index contributed by atoms with van der Waals surface area (Å²) in [6, 6.07) is 19.8. The van der Waals surface area contributed by atoms with Crippen LogP contribution in [0.2, 0.25) is 0 Å². The number of sulfonamides is 1. The van der Waals surface area contributed by atoms with Gasteiger partial charge in [0.2, 0.25) is 10.0 Å². The van der Waals surface area contributed by atoms with E-state index in [-0.39, 0.29) is 22.9 Å². The molecular weight excluding hydrogens is 557 g/mol. The van der Waals surface area contributed by atoms with E-state index in [0.717, 1.165) is 29.8 Å². The van der Waals surface area contributed by atoms with Gasteiger partial charge in [-0.15, -0.1) is 13.2 Å². The first-order valence-electron chi connectivity index (χ1n) is 11.2. The Balaban J connectivity index is 1.59. The minimum absolute atomic E-state index is 0.0458. The Morgan fingerprint density at radius 3 is 1.79 bits per heavy atom. The monoisotopic (exact) mass is 578 g/mol. The summed E-state index contributed by atoms with van der Waals surface area (Å²) < 4.78 is 101. The van der Waals surface area contributed by atoms with E-state index in [2.05, 4.69) is 9.72 Å². The molecule has 0 spiro atoms. The summed E-state index contributed by atoms with van der Waals surface area (Å²) in [4.78, 5) is 3.56. The first kappa shape index (κ1) is 28.2. The SMILES string of the molecule is O=S(=O)(O)c1ccc(-c2ccc(CN(Cc3cccnc3)S(=O)(=O)c3ccc(OC(F)(F)F)cc3)cc2)cc1. The van der Waals surface area contributed by atoms with Crippen LogP contribution in [0.3, 0.4) is 0 Å². The quantitative estimate of drug-likeness (QED) is 0.269. The average Bonchev–Trinajstić information content (AvgIpc) is 2.88. The molecule has 0 aliphatic heterocycles. The lowest BCUT2D eigenvalue weighted by Gasteiger charge is -2.23. The van der Waals surface area contributed by atoms with Gasteiger partial charge in [0, 0.05) is 25.5 Å². The summed E-state index contributed by atoms with van der Waals surface area (Å²) in [6.45, 7) is -0.101. The van der Waals surface area contributed by atoms with Gasteiger partial charge in [0.05, 0.1) is 9.79 Å². The van der Waals surface area contributed by atoms with Crippen molar-refractivity contribution in [1.82, 2.24) is 9.29 Å². The Morgan fingerprint density at radius 2 is 1.28 bits per heavy atom. The Labute approximate surface area is 223 Å². The molecular formula is C26H21F3N2O6S2. The third-order valence-electron chi connectivity index (χ3n) is 5.58. The van der Waals surface area contributed by atoms with Crippen LogP contribution in [0.15, 0.2) is 107 Å². The molecule has 0 aliphatic rings. The molecule has 0 amide bonds. The van der Waals surface area contributed by atoms with Crippen LogP contribution >= 0.6 is 0 Å². The maximum absolute atomic E-state index is 13.5. The van der Waals surface area contributed by atoms with Gasteiger partial charge in [0.15, 0.2) is 0 Å². The van der Waals surface area contributed by atoms with Crippen LogP contribution in [0.5, 0.6) is 5.75 Å². The molecule has 4 rings (SSSR count). The standard InChI is InChI=1S/C26H21F3N2O6S2/c27-26(28,29)37-23-9-13-24(14-10-23)38(32,33)31(18-20-2-1-15-30-16-20)17-19-3-5-21(6-4-19)22-7-11-25(12-8-22)39(34,35)36/h1-16H,17-18H2,(H,34,35,36). The molecule has 0 saturated heterocycles. The fraction of sp³-hybridized carbons (Fsp3) is 0.115. The largest absolute Gasteiger partial charge is 0.573 e. The topological polar surface area (TPSA) is 114 Å². The predicted molar refractivity (Wildman–Crippen MR) is 135 cm³/mol. The molecule has 0 atom stereocenters. The lowest BCUT2D eigenvalue weighted by atomic mass is 10.0. The minimum atomic E-state index is -4.91. The number of hydrogen-bond acceptors (Lipinski definition) is 6. The van der Waals surface area contributed by atoms with Gasteiger partial charge in [0.1, 0.15) is 5.75 Å². The first-order valence-corrected chi connectivity index (χ1v) is 14.1.